The molecule has 23 heavy (non-hydrogen) atoms. The molecular weight excluding hydrogens is 325 g/mol. The Bertz CT molecular complexity index is 299. The van der Waals surface area contributed by atoms with Crippen LogP contribution >= 0.6 is 7.26 Å². The summed E-state index contributed by atoms with van der Waals surface area (Å²) in [6, 6.07) is 0. The molecular formula is C19H39ClNOP. The molecule has 0 aliphatic rings. The zero-order chi connectivity index (χ0) is 16.8. The van der Waals surface area contributed by atoms with Gasteiger partial charge in [0.2, 0.25) is 5.91 Å². The highest BCUT2D eigenvalue weighted by Crippen LogP contribution is 2.61. The molecule has 1 N–H and O–H groups in total. The van der Waals surface area contributed by atoms with Crippen molar-refractivity contribution in [3.8, 4) is 0 Å². The summed E-state index contributed by atoms with van der Waals surface area (Å²) >= 11 is 0. The van der Waals surface area contributed by atoms with E-state index < -0.39 is 7.26 Å². The number of amides is 1. The Hall–Kier alpha value is -0.0700. The van der Waals surface area contributed by atoms with E-state index in [0.717, 1.165) is 13.0 Å². The van der Waals surface area contributed by atoms with Crippen molar-refractivity contribution in [2.75, 3.05) is 31.2 Å². The SMILES string of the molecule is C=C(C)C(=O)NCCC[P+](CCCC)(CCCC)CCCC.[Cl-]. The molecule has 0 saturated heterocycles. The van der Waals surface area contributed by atoms with Gasteiger partial charge in [-0.05, 0) is 32.6 Å². The number of rotatable bonds is 14. The molecule has 138 valence electrons. The van der Waals surface area contributed by atoms with Gasteiger partial charge in [-0.1, -0.05) is 46.6 Å². The van der Waals surface area contributed by atoms with Crippen LogP contribution in [0.2, 0.25) is 0 Å². The van der Waals surface area contributed by atoms with Crippen LogP contribution in [-0.4, -0.2) is 37.1 Å². The van der Waals surface area contributed by atoms with Crippen LogP contribution in [0.5, 0.6) is 0 Å². The smallest absolute Gasteiger partial charge is 0.246 e. The average Bonchev–Trinajstić information content (AvgIpc) is 2.52. The third-order valence-corrected chi connectivity index (χ3v) is 9.50. The predicted molar refractivity (Wildman–Crippen MR) is 104 cm³/mol. The lowest BCUT2D eigenvalue weighted by Gasteiger charge is -2.28. The molecule has 4 heteroatoms. The number of unbranched alkanes of at least 4 members (excludes halogenated alkanes) is 3. The highest BCUT2D eigenvalue weighted by Gasteiger charge is 2.34. The Kier molecular flexibility index (Phi) is 16.9. The summed E-state index contributed by atoms with van der Waals surface area (Å²) in [4.78, 5) is 11.6. The molecule has 0 aliphatic carbocycles. The summed E-state index contributed by atoms with van der Waals surface area (Å²) < 4.78 is 0. The van der Waals surface area contributed by atoms with Gasteiger partial charge in [-0.2, -0.15) is 0 Å². The fourth-order valence-electron chi connectivity index (χ4n) is 2.92. The van der Waals surface area contributed by atoms with E-state index >= 15 is 0 Å². The standard InChI is InChI=1S/C19H38NOP.ClH/c1-6-9-14-22(15-10-7-2,16-11-8-3)17-12-13-20-19(21)18(4)5;/h4,6-17H2,1-3,5H3;1H. The van der Waals surface area contributed by atoms with Crippen molar-refractivity contribution in [1.82, 2.24) is 5.32 Å². The van der Waals surface area contributed by atoms with E-state index in [-0.39, 0.29) is 18.3 Å². The minimum absolute atomic E-state index is 0. The Morgan fingerprint density at radius 3 is 1.61 bits per heavy atom. The molecule has 0 aromatic heterocycles. The van der Waals surface area contributed by atoms with Crippen LogP contribution in [0.1, 0.15) is 72.6 Å². The van der Waals surface area contributed by atoms with Crippen LogP contribution in [0.4, 0.5) is 0 Å². The highest BCUT2D eigenvalue weighted by atomic mass is 35.5. The number of carbonyl (C=O) groups is 1. The van der Waals surface area contributed by atoms with Gasteiger partial charge < -0.3 is 17.7 Å². The third kappa shape index (κ3) is 12.0. The van der Waals surface area contributed by atoms with E-state index in [9.17, 15) is 4.79 Å². The topological polar surface area (TPSA) is 29.1 Å². The van der Waals surface area contributed by atoms with Crippen LogP contribution in [0, 0.1) is 0 Å². The zero-order valence-electron chi connectivity index (χ0n) is 15.9. The van der Waals surface area contributed by atoms with Crippen molar-refractivity contribution < 1.29 is 17.2 Å². The Balaban J connectivity index is 0. The molecule has 0 radical (unpaired) electrons. The van der Waals surface area contributed by atoms with Gasteiger partial charge in [0.25, 0.3) is 0 Å². The van der Waals surface area contributed by atoms with Gasteiger partial charge in [0, 0.05) is 19.4 Å². The summed E-state index contributed by atoms with van der Waals surface area (Å²) in [6.45, 7) is 13.2. The van der Waals surface area contributed by atoms with Gasteiger partial charge in [-0.25, -0.2) is 0 Å². The number of hydrogen-bond acceptors (Lipinski definition) is 1. The molecule has 0 atom stereocenters. The van der Waals surface area contributed by atoms with Crippen LogP contribution in [-0.2, 0) is 4.79 Å². The molecule has 0 aromatic carbocycles. The summed E-state index contributed by atoms with van der Waals surface area (Å²) in [7, 11) is -0.803. The van der Waals surface area contributed by atoms with E-state index in [0.29, 0.717) is 5.57 Å². The van der Waals surface area contributed by atoms with Crippen LogP contribution in [0.3, 0.4) is 0 Å². The molecule has 0 heterocycles. The largest absolute Gasteiger partial charge is 1.00 e. The van der Waals surface area contributed by atoms with Crippen LogP contribution < -0.4 is 17.7 Å². The monoisotopic (exact) mass is 363 g/mol. The number of halogens is 1. The van der Waals surface area contributed by atoms with Gasteiger partial charge in [0.05, 0.1) is 24.6 Å². The number of nitrogens with one attached hydrogen (secondary N) is 1. The Morgan fingerprint density at radius 1 is 0.870 bits per heavy atom. The molecule has 1 amide bonds. The fourth-order valence-corrected chi connectivity index (χ4v) is 8.05. The lowest BCUT2D eigenvalue weighted by molar-refractivity contribution is -0.117. The fraction of sp³-hybridized carbons (Fsp3) is 0.842. The third-order valence-electron chi connectivity index (χ3n) is 4.44. The van der Waals surface area contributed by atoms with Crippen molar-refractivity contribution in [3.63, 3.8) is 0 Å². The predicted octanol–water partition coefficient (Wildman–Crippen LogP) is 2.49. The maximum atomic E-state index is 11.6. The van der Waals surface area contributed by atoms with Gasteiger partial charge in [-0.3, -0.25) is 4.79 Å². The lowest BCUT2D eigenvalue weighted by atomic mass is 10.3. The van der Waals surface area contributed by atoms with Crippen molar-refractivity contribution in [1.29, 1.82) is 0 Å². The molecule has 0 fully saturated rings. The number of hydrogen-bond donors (Lipinski definition) is 1. The van der Waals surface area contributed by atoms with E-state index in [4.69, 9.17) is 0 Å². The summed E-state index contributed by atoms with van der Waals surface area (Å²) in [6.07, 6.45) is 15.0. The quantitative estimate of drug-likeness (QED) is 0.287. The summed E-state index contributed by atoms with van der Waals surface area (Å²) in [5.74, 6) is 0.0135. The highest BCUT2D eigenvalue weighted by molar-refractivity contribution is 7.75. The molecule has 0 spiro atoms. The first-order valence-electron chi connectivity index (χ1n) is 9.30. The summed E-state index contributed by atoms with van der Waals surface area (Å²) in [5.41, 5.74) is 0.615. The molecule has 0 rings (SSSR count). The molecule has 0 saturated carbocycles. The van der Waals surface area contributed by atoms with Gasteiger partial charge in [0.1, 0.15) is 0 Å². The van der Waals surface area contributed by atoms with Crippen molar-refractivity contribution in [2.24, 2.45) is 0 Å². The minimum Gasteiger partial charge on any atom is -1.00 e. The first-order valence-corrected chi connectivity index (χ1v) is 11.8. The van der Waals surface area contributed by atoms with E-state index in [2.05, 4.69) is 32.7 Å². The van der Waals surface area contributed by atoms with Gasteiger partial charge in [0.15, 0.2) is 0 Å². The number of carbonyl (C=O) groups excluding carboxylic acids is 1. The van der Waals surface area contributed by atoms with E-state index in [1.165, 1.54) is 63.2 Å². The van der Waals surface area contributed by atoms with E-state index in [1.54, 1.807) is 6.92 Å². The Labute approximate surface area is 152 Å². The molecule has 0 unspecified atom stereocenters. The van der Waals surface area contributed by atoms with Crippen molar-refractivity contribution >= 4 is 13.2 Å². The van der Waals surface area contributed by atoms with Crippen molar-refractivity contribution in [3.05, 3.63) is 12.2 Å². The lowest BCUT2D eigenvalue weighted by Crippen LogP contribution is -3.00. The molecule has 2 nitrogen and oxygen atoms in total. The van der Waals surface area contributed by atoms with Crippen molar-refractivity contribution in [2.45, 2.75) is 72.6 Å². The average molecular weight is 364 g/mol. The molecule has 0 aromatic rings. The second-order valence-electron chi connectivity index (χ2n) is 6.69. The first kappa shape index (κ1) is 25.2. The normalized spacial score (nSPS) is 11.0. The second kappa shape index (κ2) is 15.5. The minimum atomic E-state index is -0.803. The zero-order valence-corrected chi connectivity index (χ0v) is 17.6. The van der Waals surface area contributed by atoms with E-state index in [1.807, 2.05) is 0 Å². The maximum absolute atomic E-state index is 11.6. The Morgan fingerprint density at radius 2 is 1.26 bits per heavy atom. The maximum Gasteiger partial charge on any atom is 0.246 e. The first-order chi connectivity index (χ1) is 10.5. The molecule has 0 bridgehead atoms. The van der Waals surface area contributed by atoms with Gasteiger partial charge in [-0.15, -0.1) is 0 Å². The summed E-state index contributed by atoms with van der Waals surface area (Å²) in [5, 5.41) is 3.00. The van der Waals surface area contributed by atoms with Crippen LogP contribution in [0.25, 0.3) is 0 Å². The molecule has 0 aliphatic heterocycles. The van der Waals surface area contributed by atoms with Crippen LogP contribution in [0.15, 0.2) is 12.2 Å². The second-order valence-corrected chi connectivity index (χ2v) is 11.2. The van der Waals surface area contributed by atoms with Gasteiger partial charge >= 0.3 is 0 Å².